The van der Waals surface area contributed by atoms with Crippen molar-refractivity contribution in [3.05, 3.63) is 71.8 Å². The molecule has 0 heterocycles. The SMILES string of the molecule is O=C(/C=C/c1ccc(O)cc1)NCCCCCCCCCCCCNC(=O)/C=C/c1ccc(O)cc1. The summed E-state index contributed by atoms with van der Waals surface area (Å²) in [5, 5.41) is 24.3. The Morgan fingerprint density at radius 2 is 0.833 bits per heavy atom. The van der Waals surface area contributed by atoms with Crippen LogP contribution < -0.4 is 10.6 Å². The molecule has 0 aliphatic carbocycles. The number of amides is 2. The molecule has 0 saturated carbocycles. The van der Waals surface area contributed by atoms with Gasteiger partial charge in [0.2, 0.25) is 11.8 Å². The molecule has 194 valence electrons. The van der Waals surface area contributed by atoms with Gasteiger partial charge in [0.25, 0.3) is 0 Å². The van der Waals surface area contributed by atoms with Gasteiger partial charge in [0.05, 0.1) is 0 Å². The van der Waals surface area contributed by atoms with Crippen molar-refractivity contribution in [3.8, 4) is 11.5 Å². The minimum Gasteiger partial charge on any atom is -0.508 e. The maximum atomic E-state index is 11.8. The third-order valence-corrected chi connectivity index (χ3v) is 5.84. The smallest absolute Gasteiger partial charge is 0.243 e. The summed E-state index contributed by atoms with van der Waals surface area (Å²) in [4.78, 5) is 23.7. The first-order valence-electron chi connectivity index (χ1n) is 13.0. The van der Waals surface area contributed by atoms with E-state index in [1.807, 2.05) is 0 Å². The Labute approximate surface area is 215 Å². The molecule has 2 aromatic rings. The molecular weight excluding hydrogens is 452 g/mol. The Hall–Kier alpha value is -3.54. The zero-order chi connectivity index (χ0) is 25.8. The molecule has 0 unspecified atom stereocenters. The topological polar surface area (TPSA) is 98.7 Å². The van der Waals surface area contributed by atoms with Gasteiger partial charge in [-0.1, -0.05) is 75.6 Å². The standard InChI is InChI=1S/C30H40N2O4/c33-27-17-11-25(12-18-27)15-21-29(35)31-23-9-7-5-3-1-2-4-6-8-10-24-32-30(36)22-16-26-13-19-28(34)20-14-26/h11-22,33-34H,1-10,23-24H2,(H,31,35)(H,32,36)/b21-15+,22-16+. The normalized spacial score (nSPS) is 11.2. The van der Waals surface area contributed by atoms with E-state index in [0.29, 0.717) is 13.1 Å². The fourth-order valence-corrected chi connectivity index (χ4v) is 3.72. The fourth-order valence-electron chi connectivity index (χ4n) is 3.72. The molecule has 6 heteroatoms. The van der Waals surface area contributed by atoms with E-state index in [1.54, 1.807) is 60.7 Å². The van der Waals surface area contributed by atoms with E-state index in [4.69, 9.17) is 0 Å². The van der Waals surface area contributed by atoms with Crippen molar-refractivity contribution in [1.29, 1.82) is 0 Å². The molecule has 0 bridgehead atoms. The quantitative estimate of drug-likeness (QED) is 0.162. The summed E-state index contributed by atoms with van der Waals surface area (Å²) in [5.74, 6) is 0.250. The lowest BCUT2D eigenvalue weighted by Gasteiger charge is -2.04. The molecule has 0 aliphatic rings. The highest BCUT2D eigenvalue weighted by Gasteiger charge is 1.98. The van der Waals surface area contributed by atoms with E-state index < -0.39 is 0 Å². The van der Waals surface area contributed by atoms with Gasteiger partial charge in [-0.15, -0.1) is 0 Å². The average molecular weight is 493 g/mol. The number of phenolic OH excluding ortho intramolecular Hbond substituents is 2. The Morgan fingerprint density at radius 1 is 0.528 bits per heavy atom. The predicted octanol–water partition coefficient (Wildman–Crippen LogP) is 5.96. The van der Waals surface area contributed by atoms with Gasteiger partial charge in [0.1, 0.15) is 11.5 Å². The minimum absolute atomic E-state index is 0.0896. The Kier molecular flexibility index (Phi) is 14.2. The molecule has 0 aliphatic heterocycles. The average Bonchev–Trinajstić information content (AvgIpc) is 2.88. The second-order valence-corrected chi connectivity index (χ2v) is 8.97. The van der Waals surface area contributed by atoms with Crippen molar-refractivity contribution in [3.63, 3.8) is 0 Å². The highest BCUT2D eigenvalue weighted by molar-refractivity contribution is 5.92. The Morgan fingerprint density at radius 3 is 1.17 bits per heavy atom. The monoisotopic (exact) mass is 492 g/mol. The predicted molar refractivity (Wildman–Crippen MR) is 146 cm³/mol. The first-order chi connectivity index (χ1) is 17.5. The fraction of sp³-hybridized carbons (Fsp3) is 0.400. The van der Waals surface area contributed by atoms with Crippen LogP contribution in [0.2, 0.25) is 0 Å². The third kappa shape index (κ3) is 14.0. The minimum atomic E-state index is -0.0896. The molecule has 36 heavy (non-hydrogen) atoms. The summed E-state index contributed by atoms with van der Waals surface area (Å²) in [6, 6.07) is 13.5. The Bertz CT molecular complexity index is 870. The number of hydrogen-bond donors (Lipinski definition) is 4. The van der Waals surface area contributed by atoms with Crippen LogP contribution in [0, 0.1) is 0 Å². The van der Waals surface area contributed by atoms with Crippen molar-refractivity contribution in [2.75, 3.05) is 13.1 Å². The molecule has 6 nitrogen and oxygen atoms in total. The largest absolute Gasteiger partial charge is 0.508 e. The summed E-state index contributed by atoms with van der Waals surface area (Å²) >= 11 is 0. The number of benzene rings is 2. The summed E-state index contributed by atoms with van der Waals surface area (Å²) in [7, 11) is 0. The number of nitrogens with one attached hydrogen (secondary N) is 2. The van der Waals surface area contributed by atoms with Crippen LogP contribution in [0.1, 0.15) is 75.3 Å². The van der Waals surface area contributed by atoms with Gasteiger partial charge in [-0.3, -0.25) is 9.59 Å². The van der Waals surface area contributed by atoms with Crippen LogP contribution in [0.3, 0.4) is 0 Å². The number of unbranched alkanes of at least 4 members (excludes halogenated alkanes) is 9. The van der Waals surface area contributed by atoms with Crippen molar-refractivity contribution in [2.45, 2.75) is 64.2 Å². The van der Waals surface area contributed by atoms with Crippen molar-refractivity contribution in [1.82, 2.24) is 10.6 Å². The molecule has 2 aromatic carbocycles. The van der Waals surface area contributed by atoms with E-state index >= 15 is 0 Å². The zero-order valence-corrected chi connectivity index (χ0v) is 21.1. The lowest BCUT2D eigenvalue weighted by atomic mass is 10.1. The van der Waals surface area contributed by atoms with E-state index in [-0.39, 0.29) is 23.3 Å². The Balaban J connectivity index is 1.34. The van der Waals surface area contributed by atoms with Gasteiger partial charge in [-0.25, -0.2) is 0 Å². The number of carbonyl (C=O) groups is 2. The summed E-state index contributed by atoms with van der Waals surface area (Å²) in [5.41, 5.74) is 1.76. The van der Waals surface area contributed by atoms with Crippen molar-refractivity contribution < 1.29 is 19.8 Å². The molecule has 0 radical (unpaired) electrons. The number of phenols is 2. The van der Waals surface area contributed by atoms with Crippen LogP contribution in [0.15, 0.2) is 60.7 Å². The number of carbonyl (C=O) groups excluding carboxylic acids is 2. The molecular formula is C30H40N2O4. The van der Waals surface area contributed by atoms with Crippen LogP contribution in [-0.4, -0.2) is 35.1 Å². The number of aromatic hydroxyl groups is 2. The van der Waals surface area contributed by atoms with Gasteiger partial charge in [0.15, 0.2) is 0 Å². The van der Waals surface area contributed by atoms with Crippen LogP contribution in [0.4, 0.5) is 0 Å². The van der Waals surface area contributed by atoms with Gasteiger partial charge in [-0.05, 0) is 60.4 Å². The maximum absolute atomic E-state index is 11.8. The van der Waals surface area contributed by atoms with Gasteiger partial charge < -0.3 is 20.8 Å². The van der Waals surface area contributed by atoms with E-state index in [1.165, 1.54) is 50.7 Å². The zero-order valence-electron chi connectivity index (χ0n) is 21.1. The van der Waals surface area contributed by atoms with E-state index in [9.17, 15) is 19.8 Å². The molecule has 4 N–H and O–H groups in total. The van der Waals surface area contributed by atoms with Crippen molar-refractivity contribution >= 4 is 24.0 Å². The summed E-state index contributed by atoms with van der Waals surface area (Å²) < 4.78 is 0. The lowest BCUT2D eigenvalue weighted by Crippen LogP contribution is -2.21. The number of hydrogen-bond acceptors (Lipinski definition) is 4. The lowest BCUT2D eigenvalue weighted by molar-refractivity contribution is -0.117. The number of rotatable bonds is 17. The van der Waals surface area contributed by atoms with Crippen LogP contribution in [0.25, 0.3) is 12.2 Å². The highest BCUT2D eigenvalue weighted by atomic mass is 16.3. The van der Waals surface area contributed by atoms with Gasteiger partial charge in [-0.2, -0.15) is 0 Å². The second kappa shape index (κ2) is 17.8. The van der Waals surface area contributed by atoms with Crippen LogP contribution in [0.5, 0.6) is 11.5 Å². The van der Waals surface area contributed by atoms with Crippen LogP contribution in [-0.2, 0) is 9.59 Å². The van der Waals surface area contributed by atoms with Gasteiger partial charge in [0, 0.05) is 25.2 Å². The summed E-state index contributed by atoms with van der Waals surface area (Å²) in [6.45, 7) is 1.39. The summed E-state index contributed by atoms with van der Waals surface area (Å²) in [6.07, 6.45) is 18.1. The molecule has 0 saturated heterocycles. The van der Waals surface area contributed by atoms with Crippen molar-refractivity contribution in [2.24, 2.45) is 0 Å². The maximum Gasteiger partial charge on any atom is 0.243 e. The molecule has 0 atom stereocenters. The first-order valence-corrected chi connectivity index (χ1v) is 13.0. The first kappa shape index (κ1) is 28.7. The highest BCUT2D eigenvalue weighted by Crippen LogP contribution is 2.12. The van der Waals surface area contributed by atoms with Crippen LogP contribution >= 0.6 is 0 Å². The molecule has 0 aromatic heterocycles. The van der Waals surface area contributed by atoms with E-state index in [2.05, 4.69) is 10.6 Å². The molecule has 0 fully saturated rings. The van der Waals surface area contributed by atoms with Gasteiger partial charge >= 0.3 is 0 Å². The molecule has 0 spiro atoms. The van der Waals surface area contributed by atoms with E-state index in [0.717, 1.165) is 36.8 Å². The second-order valence-electron chi connectivity index (χ2n) is 8.97. The molecule has 2 amide bonds. The molecule has 2 rings (SSSR count). The third-order valence-electron chi connectivity index (χ3n) is 5.84.